The summed E-state index contributed by atoms with van der Waals surface area (Å²) in [4.78, 5) is 13.1. The molecule has 102 valence electrons. The van der Waals surface area contributed by atoms with Crippen molar-refractivity contribution in [2.45, 2.75) is 50.8 Å². The van der Waals surface area contributed by atoms with Crippen molar-refractivity contribution in [3.63, 3.8) is 0 Å². The quantitative estimate of drug-likeness (QED) is 0.656. The second kappa shape index (κ2) is 4.49. The fourth-order valence-electron chi connectivity index (χ4n) is 3.54. The van der Waals surface area contributed by atoms with E-state index in [-0.39, 0.29) is 28.8 Å². The number of aliphatic hydroxyl groups is 1. The molecule has 2 aliphatic rings. The Balaban J connectivity index is 2.03. The zero-order chi connectivity index (χ0) is 13.6. The number of rotatable bonds is 2. The van der Waals surface area contributed by atoms with Gasteiger partial charge in [0, 0.05) is 18.2 Å². The number of fused-ring (bicyclic) bond motifs is 2. The van der Waals surface area contributed by atoms with Crippen molar-refractivity contribution < 1.29 is 10.0 Å². The van der Waals surface area contributed by atoms with Crippen LogP contribution in [0.25, 0.3) is 0 Å². The molecule has 2 aliphatic heterocycles. The van der Waals surface area contributed by atoms with E-state index in [1.807, 2.05) is 13.0 Å². The maximum Gasteiger partial charge on any atom is 0.292 e. The molecule has 1 aromatic rings. The third-order valence-corrected chi connectivity index (χ3v) is 4.31. The average Bonchev–Trinajstić information content (AvgIpc) is 2.61. The maximum atomic E-state index is 11.2. The van der Waals surface area contributed by atoms with Crippen molar-refractivity contribution >= 4 is 11.4 Å². The van der Waals surface area contributed by atoms with Crippen molar-refractivity contribution in [2.24, 2.45) is 0 Å². The SMILES string of the molecule is Cc1ccc([N+](=O)[O-])c(N2C3CCC2CC(O)C3)c1. The van der Waals surface area contributed by atoms with Crippen molar-refractivity contribution in [1.82, 2.24) is 0 Å². The normalized spacial score (nSPS) is 29.6. The molecule has 2 bridgehead atoms. The number of nitrogens with zero attached hydrogens (tertiary/aromatic N) is 2. The van der Waals surface area contributed by atoms with E-state index in [2.05, 4.69) is 4.90 Å². The number of aryl methyl sites for hydroxylation is 1. The van der Waals surface area contributed by atoms with Gasteiger partial charge in [-0.1, -0.05) is 6.07 Å². The van der Waals surface area contributed by atoms with Gasteiger partial charge in [0.1, 0.15) is 5.69 Å². The monoisotopic (exact) mass is 262 g/mol. The molecule has 1 N–H and O–H groups in total. The Morgan fingerprint density at radius 3 is 2.53 bits per heavy atom. The first-order valence-electron chi connectivity index (χ1n) is 6.77. The summed E-state index contributed by atoms with van der Waals surface area (Å²) in [5.41, 5.74) is 1.94. The van der Waals surface area contributed by atoms with E-state index in [4.69, 9.17) is 0 Å². The van der Waals surface area contributed by atoms with Gasteiger partial charge in [-0.25, -0.2) is 0 Å². The first kappa shape index (κ1) is 12.4. The van der Waals surface area contributed by atoms with Crippen molar-refractivity contribution in [3.8, 4) is 0 Å². The second-order valence-electron chi connectivity index (χ2n) is 5.67. The number of piperidine rings is 1. The Bertz CT molecular complexity index is 503. The summed E-state index contributed by atoms with van der Waals surface area (Å²) in [5.74, 6) is 0. The summed E-state index contributed by atoms with van der Waals surface area (Å²) in [6, 6.07) is 5.77. The first-order chi connectivity index (χ1) is 9.06. The van der Waals surface area contributed by atoms with Crippen LogP contribution in [0, 0.1) is 17.0 Å². The largest absolute Gasteiger partial charge is 0.393 e. The van der Waals surface area contributed by atoms with Crippen LogP contribution in [-0.4, -0.2) is 28.2 Å². The number of nitro groups is 1. The lowest BCUT2D eigenvalue weighted by molar-refractivity contribution is -0.384. The topological polar surface area (TPSA) is 66.6 Å². The number of hydrogen-bond donors (Lipinski definition) is 1. The Morgan fingerprint density at radius 2 is 1.95 bits per heavy atom. The zero-order valence-electron chi connectivity index (χ0n) is 11.0. The molecule has 2 heterocycles. The molecule has 2 fully saturated rings. The molecule has 0 amide bonds. The smallest absolute Gasteiger partial charge is 0.292 e. The molecular weight excluding hydrogens is 244 g/mol. The average molecular weight is 262 g/mol. The minimum absolute atomic E-state index is 0.180. The van der Waals surface area contributed by atoms with E-state index >= 15 is 0 Å². The summed E-state index contributed by atoms with van der Waals surface area (Å²) in [6.07, 6.45) is 3.24. The summed E-state index contributed by atoms with van der Waals surface area (Å²) < 4.78 is 0. The number of benzene rings is 1. The van der Waals surface area contributed by atoms with Gasteiger partial charge in [0.05, 0.1) is 11.0 Å². The first-order valence-corrected chi connectivity index (χ1v) is 6.77. The van der Waals surface area contributed by atoms with Crippen molar-refractivity contribution in [3.05, 3.63) is 33.9 Å². The Labute approximate surface area is 112 Å². The van der Waals surface area contributed by atoms with E-state index in [9.17, 15) is 15.2 Å². The van der Waals surface area contributed by atoms with Crippen LogP contribution in [0.3, 0.4) is 0 Å². The van der Waals surface area contributed by atoms with E-state index in [0.29, 0.717) is 0 Å². The highest BCUT2D eigenvalue weighted by molar-refractivity contribution is 5.66. The minimum Gasteiger partial charge on any atom is -0.393 e. The van der Waals surface area contributed by atoms with Crippen LogP contribution in [0.1, 0.15) is 31.2 Å². The van der Waals surface area contributed by atoms with Crippen LogP contribution < -0.4 is 4.90 Å². The van der Waals surface area contributed by atoms with Crippen LogP contribution >= 0.6 is 0 Å². The third kappa shape index (κ3) is 2.08. The number of nitro benzene ring substituents is 1. The molecule has 0 radical (unpaired) electrons. The number of hydrogen-bond acceptors (Lipinski definition) is 4. The third-order valence-electron chi connectivity index (χ3n) is 4.31. The van der Waals surface area contributed by atoms with E-state index < -0.39 is 0 Å². The van der Waals surface area contributed by atoms with Gasteiger partial charge in [0.15, 0.2) is 0 Å². The number of aliphatic hydroxyl groups excluding tert-OH is 1. The molecule has 1 aromatic carbocycles. The van der Waals surface area contributed by atoms with Crippen molar-refractivity contribution in [2.75, 3.05) is 4.90 Å². The van der Waals surface area contributed by atoms with Gasteiger partial charge in [-0.2, -0.15) is 0 Å². The van der Waals surface area contributed by atoms with E-state index in [1.54, 1.807) is 12.1 Å². The maximum absolute atomic E-state index is 11.2. The predicted molar refractivity (Wildman–Crippen MR) is 72.4 cm³/mol. The minimum atomic E-state index is -0.306. The molecule has 19 heavy (non-hydrogen) atoms. The highest BCUT2D eigenvalue weighted by atomic mass is 16.6. The Kier molecular flexibility index (Phi) is 2.93. The summed E-state index contributed by atoms with van der Waals surface area (Å²) in [6.45, 7) is 1.95. The molecule has 0 spiro atoms. The summed E-state index contributed by atoms with van der Waals surface area (Å²) >= 11 is 0. The van der Waals surface area contributed by atoms with Gasteiger partial charge in [-0.3, -0.25) is 10.1 Å². The van der Waals surface area contributed by atoms with Gasteiger partial charge in [-0.15, -0.1) is 0 Å². The van der Waals surface area contributed by atoms with E-state index in [1.165, 1.54) is 0 Å². The fourth-order valence-corrected chi connectivity index (χ4v) is 3.54. The lowest BCUT2D eigenvalue weighted by atomic mass is 9.98. The van der Waals surface area contributed by atoms with Gasteiger partial charge < -0.3 is 10.0 Å². The molecule has 5 nitrogen and oxygen atoms in total. The van der Waals surface area contributed by atoms with Crippen molar-refractivity contribution in [1.29, 1.82) is 0 Å². The molecule has 0 aliphatic carbocycles. The zero-order valence-corrected chi connectivity index (χ0v) is 11.0. The van der Waals surface area contributed by atoms with Gasteiger partial charge in [0.2, 0.25) is 0 Å². The van der Waals surface area contributed by atoms with Gasteiger partial charge in [0.25, 0.3) is 5.69 Å². The lowest BCUT2D eigenvalue weighted by Gasteiger charge is -2.38. The molecule has 0 saturated carbocycles. The summed E-state index contributed by atoms with van der Waals surface area (Å²) in [7, 11) is 0. The fraction of sp³-hybridized carbons (Fsp3) is 0.571. The molecule has 0 aromatic heterocycles. The van der Waals surface area contributed by atoms with Crippen LogP contribution in [-0.2, 0) is 0 Å². The van der Waals surface area contributed by atoms with E-state index in [0.717, 1.165) is 36.9 Å². The highest BCUT2D eigenvalue weighted by Crippen LogP contribution is 2.43. The number of anilines is 1. The molecule has 2 saturated heterocycles. The highest BCUT2D eigenvalue weighted by Gasteiger charge is 2.42. The standard InChI is InChI=1S/C14H18N2O3/c1-9-2-5-13(16(18)19)14(6-9)15-10-3-4-11(15)8-12(17)7-10/h2,5-6,10-12,17H,3-4,7-8H2,1H3. The van der Waals surface area contributed by atoms with Gasteiger partial charge >= 0.3 is 0 Å². The second-order valence-corrected chi connectivity index (χ2v) is 5.67. The predicted octanol–water partition coefficient (Wildman–Crippen LogP) is 2.40. The van der Waals surface area contributed by atoms with Crippen LogP contribution in [0.5, 0.6) is 0 Å². The molecule has 2 unspecified atom stereocenters. The lowest BCUT2D eigenvalue weighted by Crippen LogP contribution is -2.45. The Morgan fingerprint density at radius 1 is 1.32 bits per heavy atom. The molecule has 3 rings (SSSR count). The van der Waals surface area contributed by atoms with Crippen LogP contribution in [0.4, 0.5) is 11.4 Å². The van der Waals surface area contributed by atoms with Gasteiger partial charge in [-0.05, 0) is 44.2 Å². The van der Waals surface area contributed by atoms with Crippen LogP contribution in [0.2, 0.25) is 0 Å². The van der Waals surface area contributed by atoms with Crippen LogP contribution in [0.15, 0.2) is 18.2 Å². The molecule has 2 atom stereocenters. The Hall–Kier alpha value is -1.62. The molecular formula is C14H18N2O3. The summed E-state index contributed by atoms with van der Waals surface area (Å²) in [5, 5.41) is 21.0. The molecule has 5 heteroatoms.